The Morgan fingerprint density at radius 3 is 2.41 bits per heavy atom. The van der Waals surface area contributed by atoms with Crippen LogP contribution in [0.4, 0.5) is 0 Å². The fraction of sp³-hybridized carbons (Fsp3) is 0.278. The molecule has 0 saturated carbocycles. The van der Waals surface area contributed by atoms with Gasteiger partial charge in [0.1, 0.15) is 0 Å². The van der Waals surface area contributed by atoms with E-state index in [2.05, 4.69) is 0 Å². The molecule has 9 heteroatoms. The normalized spacial score (nSPS) is 16.8. The highest BCUT2D eigenvalue weighted by Gasteiger charge is 2.28. The van der Waals surface area contributed by atoms with Crippen molar-refractivity contribution in [2.24, 2.45) is 0 Å². The third kappa shape index (κ3) is 3.53. The minimum Gasteiger partial charge on any atom is -0.408 e. The van der Waals surface area contributed by atoms with Gasteiger partial charge in [0, 0.05) is 37.3 Å². The predicted molar refractivity (Wildman–Crippen MR) is 102 cm³/mol. The first kappa shape index (κ1) is 18.2. The molecule has 0 N–H and O–H groups in total. The molecule has 0 atom stereocenters. The lowest BCUT2D eigenvalue weighted by atomic mass is 10.3. The van der Waals surface area contributed by atoms with Crippen molar-refractivity contribution in [2.45, 2.75) is 11.6 Å². The van der Waals surface area contributed by atoms with Crippen molar-refractivity contribution in [2.75, 3.05) is 26.2 Å². The van der Waals surface area contributed by atoms with Crippen LogP contribution in [-0.2, 0) is 16.7 Å². The zero-order valence-electron chi connectivity index (χ0n) is 14.4. The second-order valence-electron chi connectivity index (χ2n) is 6.38. The van der Waals surface area contributed by atoms with Gasteiger partial charge in [0.25, 0.3) is 0 Å². The molecule has 27 heavy (non-hydrogen) atoms. The van der Waals surface area contributed by atoms with Crippen LogP contribution in [0.1, 0.15) is 0 Å². The molecule has 0 unspecified atom stereocenters. The Balaban J connectivity index is 1.48. The van der Waals surface area contributed by atoms with Crippen molar-refractivity contribution in [3.63, 3.8) is 0 Å². The van der Waals surface area contributed by atoms with Crippen LogP contribution >= 0.6 is 11.6 Å². The molecule has 0 spiro atoms. The van der Waals surface area contributed by atoms with Crippen LogP contribution < -0.4 is 5.76 Å². The Morgan fingerprint density at radius 2 is 1.70 bits per heavy atom. The Labute approximate surface area is 161 Å². The van der Waals surface area contributed by atoms with E-state index in [1.807, 2.05) is 4.90 Å². The van der Waals surface area contributed by atoms with Gasteiger partial charge in [-0.15, -0.1) is 0 Å². The average Bonchev–Trinajstić information content (AvgIpc) is 2.97. The maximum Gasteiger partial charge on any atom is 0.421 e. The van der Waals surface area contributed by atoms with Crippen molar-refractivity contribution in [3.8, 4) is 0 Å². The van der Waals surface area contributed by atoms with Gasteiger partial charge in [-0.2, -0.15) is 4.31 Å². The van der Waals surface area contributed by atoms with Crippen molar-refractivity contribution in [3.05, 3.63) is 64.1 Å². The number of sulfonamides is 1. The summed E-state index contributed by atoms with van der Waals surface area (Å²) in [5, 5.41) is 0.503. The number of oxazole rings is 1. The van der Waals surface area contributed by atoms with Crippen LogP contribution in [0.15, 0.2) is 62.6 Å². The predicted octanol–water partition coefficient (Wildman–Crippen LogP) is 2.21. The number of fused-ring (bicyclic) bond motifs is 1. The van der Waals surface area contributed by atoms with E-state index in [-0.39, 0.29) is 0 Å². The molecule has 1 aliphatic heterocycles. The zero-order chi connectivity index (χ0) is 19.0. The lowest BCUT2D eigenvalue weighted by Crippen LogP contribution is -2.49. The van der Waals surface area contributed by atoms with Gasteiger partial charge in [-0.1, -0.05) is 29.8 Å². The molecule has 1 aliphatic rings. The second-order valence-corrected chi connectivity index (χ2v) is 8.76. The lowest BCUT2D eigenvalue weighted by Gasteiger charge is -2.33. The van der Waals surface area contributed by atoms with Crippen LogP contribution in [-0.4, -0.2) is 48.4 Å². The third-order valence-corrected chi connectivity index (χ3v) is 6.83. The van der Waals surface area contributed by atoms with Crippen LogP contribution in [0.5, 0.6) is 0 Å². The van der Waals surface area contributed by atoms with Crippen LogP contribution in [0, 0.1) is 0 Å². The summed E-state index contributed by atoms with van der Waals surface area (Å²) < 4.78 is 33.7. The molecule has 1 fully saturated rings. The first-order valence-corrected chi connectivity index (χ1v) is 10.3. The van der Waals surface area contributed by atoms with E-state index in [0.29, 0.717) is 53.9 Å². The molecule has 0 bridgehead atoms. The maximum atomic E-state index is 12.7. The standard InChI is InChI=1S/C18H18ClN3O4S/c19-14-6-7-16-17(12-14)26-18(23)22(16)13-20-8-10-21(11-9-20)27(24,25)15-4-2-1-3-5-15/h1-7,12H,8-11,13H2. The van der Waals surface area contributed by atoms with E-state index in [4.69, 9.17) is 16.0 Å². The van der Waals surface area contributed by atoms with Crippen LogP contribution in [0.3, 0.4) is 0 Å². The molecule has 0 amide bonds. The summed E-state index contributed by atoms with van der Waals surface area (Å²) in [5.74, 6) is -0.452. The summed E-state index contributed by atoms with van der Waals surface area (Å²) in [5.41, 5.74) is 1.11. The van der Waals surface area contributed by atoms with Crippen molar-refractivity contribution >= 4 is 32.7 Å². The lowest BCUT2D eigenvalue weighted by molar-refractivity contribution is 0.150. The Morgan fingerprint density at radius 1 is 1.00 bits per heavy atom. The molecule has 0 radical (unpaired) electrons. The SMILES string of the molecule is O=c1oc2cc(Cl)ccc2n1CN1CCN(S(=O)(=O)c2ccccc2)CC1. The van der Waals surface area contributed by atoms with E-state index in [0.717, 1.165) is 0 Å². The van der Waals surface area contributed by atoms with E-state index in [9.17, 15) is 13.2 Å². The summed E-state index contributed by atoms with van der Waals surface area (Å²) in [6, 6.07) is 13.5. The molecule has 0 aliphatic carbocycles. The monoisotopic (exact) mass is 407 g/mol. The van der Waals surface area contributed by atoms with Gasteiger partial charge in [-0.3, -0.25) is 9.47 Å². The van der Waals surface area contributed by atoms with E-state index < -0.39 is 15.8 Å². The molecule has 2 heterocycles. The number of aromatic nitrogens is 1. The first-order chi connectivity index (χ1) is 12.9. The number of piperazine rings is 1. The minimum atomic E-state index is -3.49. The van der Waals surface area contributed by atoms with Crippen LogP contribution in [0.25, 0.3) is 11.1 Å². The number of halogens is 1. The molecular formula is C18H18ClN3O4S. The highest BCUT2D eigenvalue weighted by Crippen LogP contribution is 2.20. The molecule has 7 nitrogen and oxygen atoms in total. The topological polar surface area (TPSA) is 75.8 Å². The summed E-state index contributed by atoms with van der Waals surface area (Å²) in [6.45, 7) is 2.13. The van der Waals surface area contributed by atoms with E-state index >= 15 is 0 Å². The summed E-state index contributed by atoms with van der Waals surface area (Å²) in [6.07, 6.45) is 0. The molecule has 1 aromatic heterocycles. The molecular weight excluding hydrogens is 390 g/mol. The molecule has 2 aromatic carbocycles. The van der Waals surface area contributed by atoms with Gasteiger partial charge in [-0.25, -0.2) is 13.2 Å². The summed E-state index contributed by atoms with van der Waals surface area (Å²) in [4.78, 5) is 14.5. The van der Waals surface area contributed by atoms with Gasteiger partial charge >= 0.3 is 5.76 Å². The van der Waals surface area contributed by atoms with Gasteiger partial charge in [0.15, 0.2) is 5.58 Å². The van der Waals surface area contributed by atoms with Crippen molar-refractivity contribution in [1.82, 2.24) is 13.8 Å². The average molecular weight is 408 g/mol. The fourth-order valence-electron chi connectivity index (χ4n) is 3.23. The van der Waals surface area contributed by atoms with Gasteiger partial charge in [-0.05, 0) is 24.3 Å². The van der Waals surface area contributed by atoms with Crippen molar-refractivity contribution < 1.29 is 12.8 Å². The number of hydrogen-bond donors (Lipinski definition) is 0. The fourth-order valence-corrected chi connectivity index (χ4v) is 4.83. The summed E-state index contributed by atoms with van der Waals surface area (Å²) >= 11 is 5.94. The third-order valence-electron chi connectivity index (χ3n) is 4.68. The second kappa shape index (κ2) is 7.12. The smallest absolute Gasteiger partial charge is 0.408 e. The first-order valence-electron chi connectivity index (χ1n) is 8.51. The number of nitrogens with zero attached hydrogens (tertiary/aromatic N) is 3. The molecule has 3 aromatic rings. The zero-order valence-corrected chi connectivity index (χ0v) is 16.0. The Bertz CT molecular complexity index is 1120. The number of rotatable bonds is 4. The highest BCUT2D eigenvalue weighted by atomic mass is 35.5. The van der Waals surface area contributed by atoms with Gasteiger partial charge in [0.2, 0.25) is 10.0 Å². The van der Waals surface area contributed by atoms with Crippen LogP contribution in [0.2, 0.25) is 5.02 Å². The van der Waals surface area contributed by atoms with Gasteiger partial charge < -0.3 is 4.42 Å². The highest BCUT2D eigenvalue weighted by molar-refractivity contribution is 7.89. The van der Waals surface area contributed by atoms with Gasteiger partial charge in [0.05, 0.1) is 17.1 Å². The maximum absolute atomic E-state index is 12.7. The van der Waals surface area contributed by atoms with Crippen molar-refractivity contribution in [1.29, 1.82) is 0 Å². The summed E-state index contributed by atoms with van der Waals surface area (Å²) in [7, 11) is -3.49. The quantitative estimate of drug-likeness (QED) is 0.662. The van der Waals surface area contributed by atoms with E-state index in [1.54, 1.807) is 48.5 Å². The largest absolute Gasteiger partial charge is 0.421 e. The Kier molecular flexibility index (Phi) is 4.81. The Hall–Kier alpha value is -2.13. The van der Waals surface area contributed by atoms with E-state index in [1.165, 1.54) is 8.87 Å². The molecule has 1 saturated heterocycles. The number of benzene rings is 2. The number of hydrogen-bond acceptors (Lipinski definition) is 5. The molecule has 4 rings (SSSR count). The molecule has 142 valence electrons. The minimum absolute atomic E-state index is 0.298.